The van der Waals surface area contributed by atoms with Crippen LogP contribution in [0.4, 0.5) is 5.69 Å². The van der Waals surface area contributed by atoms with Crippen LogP contribution in [0.15, 0.2) is 18.2 Å². The molecule has 0 amide bonds. The zero-order valence-electron chi connectivity index (χ0n) is 8.42. The minimum absolute atomic E-state index is 0.388. The van der Waals surface area contributed by atoms with Crippen molar-refractivity contribution in [3.05, 3.63) is 23.8 Å². The lowest BCUT2D eigenvalue weighted by atomic mass is 9.98. The van der Waals surface area contributed by atoms with Gasteiger partial charge in [0.25, 0.3) is 0 Å². The van der Waals surface area contributed by atoms with E-state index in [1.165, 1.54) is 5.56 Å². The lowest BCUT2D eigenvalue weighted by molar-refractivity contribution is 0.414. The molecule has 1 aliphatic heterocycles. The predicted molar refractivity (Wildman–Crippen MR) is 57.8 cm³/mol. The third kappa shape index (κ3) is 1.55. The van der Waals surface area contributed by atoms with Crippen molar-refractivity contribution < 1.29 is 4.74 Å². The van der Waals surface area contributed by atoms with Crippen LogP contribution >= 0.6 is 0 Å². The number of fused-ring (bicyclic) bond motifs is 1. The molecule has 0 aromatic heterocycles. The maximum atomic E-state index is 5.65. The Hall–Kier alpha value is -1.22. The summed E-state index contributed by atoms with van der Waals surface area (Å²) in [5, 5.41) is 3.42. The first-order valence-electron chi connectivity index (χ1n) is 4.97. The Bertz CT molecular complexity index is 311. The van der Waals surface area contributed by atoms with Crippen molar-refractivity contribution in [2.75, 3.05) is 19.0 Å². The standard InChI is InChI=1S/C11H16N2O/c1-14-10-4-2-3-8-5-6-9(7-12)13-11(8)10/h2-4,9,13H,5-7,12H2,1H3. The maximum Gasteiger partial charge on any atom is 0.142 e. The summed E-state index contributed by atoms with van der Waals surface area (Å²) in [6.07, 6.45) is 2.19. The number of hydrogen-bond donors (Lipinski definition) is 2. The summed E-state index contributed by atoms with van der Waals surface area (Å²) in [7, 11) is 1.70. The van der Waals surface area contributed by atoms with E-state index in [9.17, 15) is 0 Å². The smallest absolute Gasteiger partial charge is 0.142 e. The van der Waals surface area contributed by atoms with Crippen LogP contribution in [0.5, 0.6) is 5.75 Å². The molecule has 0 saturated carbocycles. The fourth-order valence-electron chi connectivity index (χ4n) is 1.90. The van der Waals surface area contributed by atoms with E-state index in [4.69, 9.17) is 10.5 Å². The molecule has 3 N–H and O–H groups in total. The summed E-state index contributed by atoms with van der Waals surface area (Å²) in [4.78, 5) is 0. The fraction of sp³-hybridized carbons (Fsp3) is 0.455. The van der Waals surface area contributed by atoms with Gasteiger partial charge in [0.05, 0.1) is 12.8 Å². The van der Waals surface area contributed by atoms with Crippen LogP contribution in [-0.4, -0.2) is 19.7 Å². The van der Waals surface area contributed by atoms with E-state index in [1.54, 1.807) is 7.11 Å². The molecular weight excluding hydrogens is 176 g/mol. The van der Waals surface area contributed by atoms with Crippen LogP contribution in [0.2, 0.25) is 0 Å². The number of anilines is 1. The Morgan fingerprint density at radius 2 is 2.43 bits per heavy atom. The van der Waals surface area contributed by atoms with Crippen molar-refractivity contribution in [3.63, 3.8) is 0 Å². The quantitative estimate of drug-likeness (QED) is 0.744. The molecule has 0 radical (unpaired) electrons. The van der Waals surface area contributed by atoms with Gasteiger partial charge in [-0.25, -0.2) is 0 Å². The molecular formula is C11H16N2O. The van der Waals surface area contributed by atoms with Crippen molar-refractivity contribution in [1.29, 1.82) is 0 Å². The second kappa shape index (κ2) is 3.88. The summed E-state index contributed by atoms with van der Waals surface area (Å²) < 4.78 is 5.30. The van der Waals surface area contributed by atoms with Gasteiger partial charge >= 0.3 is 0 Å². The monoisotopic (exact) mass is 192 g/mol. The number of nitrogens with two attached hydrogens (primary N) is 1. The lowest BCUT2D eigenvalue weighted by Gasteiger charge is -2.27. The van der Waals surface area contributed by atoms with Crippen LogP contribution in [-0.2, 0) is 6.42 Å². The molecule has 3 nitrogen and oxygen atoms in total. The normalized spacial score (nSPS) is 19.7. The molecule has 1 aromatic rings. The molecule has 76 valence electrons. The molecule has 0 aliphatic carbocycles. The van der Waals surface area contributed by atoms with Gasteiger partial charge in [-0.3, -0.25) is 0 Å². The van der Waals surface area contributed by atoms with Crippen LogP contribution in [0.3, 0.4) is 0 Å². The molecule has 1 atom stereocenters. The van der Waals surface area contributed by atoms with E-state index in [0.717, 1.165) is 24.3 Å². The highest BCUT2D eigenvalue weighted by atomic mass is 16.5. The maximum absolute atomic E-state index is 5.65. The molecule has 1 unspecified atom stereocenters. The minimum atomic E-state index is 0.388. The molecule has 2 rings (SSSR count). The van der Waals surface area contributed by atoms with Gasteiger partial charge in [0, 0.05) is 12.6 Å². The van der Waals surface area contributed by atoms with Gasteiger partial charge in [-0.2, -0.15) is 0 Å². The first-order chi connectivity index (χ1) is 6.85. The molecule has 0 saturated heterocycles. The zero-order chi connectivity index (χ0) is 9.97. The minimum Gasteiger partial charge on any atom is -0.495 e. The first kappa shape index (κ1) is 9.34. The summed E-state index contributed by atoms with van der Waals surface area (Å²) in [6.45, 7) is 0.678. The van der Waals surface area contributed by atoms with E-state index >= 15 is 0 Å². The number of rotatable bonds is 2. The number of ether oxygens (including phenoxy) is 1. The molecule has 0 bridgehead atoms. The number of nitrogens with one attached hydrogen (secondary N) is 1. The van der Waals surface area contributed by atoms with Gasteiger partial charge in [-0.1, -0.05) is 12.1 Å². The highest BCUT2D eigenvalue weighted by molar-refractivity contribution is 5.64. The van der Waals surface area contributed by atoms with Crippen molar-refractivity contribution in [1.82, 2.24) is 0 Å². The topological polar surface area (TPSA) is 47.3 Å². The second-order valence-electron chi connectivity index (χ2n) is 3.61. The zero-order valence-corrected chi connectivity index (χ0v) is 8.42. The van der Waals surface area contributed by atoms with Gasteiger partial charge < -0.3 is 15.8 Å². The van der Waals surface area contributed by atoms with Crippen molar-refractivity contribution in [3.8, 4) is 5.75 Å². The van der Waals surface area contributed by atoms with E-state index in [2.05, 4.69) is 11.4 Å². The Labute approximate surface area is 84.3 Å². The van der Waals surface area contributed by atoms with E-state index in [-0.39, 0.29) is 0 Å². The number of aryl methyl sites for hydroxylation is 1. The lowest BCUT2D eigenvalue weighted by Crippen LogP contribution is -2.32. The Kier molecular flexibility index (Phi) is 2.59. The average molecular weight is 192 g/mol. The molecule has 1 aromatic carbocycles. The van der Waals surface area contributed by atoms with E-state index in [0.29, 0.717) is 12.6 Å². The molecule has 1 aliphatic rings. The van der Waals surface area contributed by atoms with Crippen molar-refractivity contribution in [2.24, 2.45) is 5.73 Å². The summed E-state index contributed by atoms with van der Waals surface area (Å²) in [6, 6.07) is 6.53. The van der Waals surface area contributed by atoms with Crippen molar-refractivity contribution >= 4 is 5.69 Å². The third-order valence-corrected chi connectivity index (χ3v) is 2.73. The van der Waals surface area contributed by atoms with E-state index in [1.807, 2.05) is 12.1 Å². The van der Waals surface area contributed by atoms with Crippen LogP contribution in [0.25, 0.3) is 0 Å². The molecule has 3 heteroatoms. The number of para-hydroxylation sites is 1. The van der Waals surface area contributed by atoms with Crippen LogP contribution < -0.4 is 15.8 Å². The molecule has 14 heavy (non-hydrogen) atoms. The largest absolute Gasteiger partial charge is 0.495 e. The van der Waals surface area contributed by atoms with Crippen LogP contribution in [0.1, 0.15) is 12.0 Å². The molecule has 1 heterocycles. The Morgan fingerprint density at radius 1 is 1.57 bits per heavy atom. The molecule has 0 fully saturated rings. The van der Waals surface area contributed by atoms with Gasteiger partial charge in [0.15, 0.2) is 0 Å². The number of hydrogen-bond acceptors (Lipinski definition) is 3. The molecule has 0 spiro atoms. The second-order valence-corrected chi connectivity index (χ2v) is 3.61. The van der Waals surface area contributed by atoms with Gasteiger partial charge in [0.2, 0.25) is 0 Å². The Balaban J connectivity index is 2.33. The van der Waals surface area contributed by atoms with Gasteiger partial charge in [-0.05, 0) is 24.5 Å². The average Bonchev–Trinajstić information content (AvgIpc) is 2.27. The van der Waals surface area contributed by atoms with Gasteiger partial charge in [0.1, 0.15) is 5.75 Å². The number of methoxy groups -OCH3 is 1. The fourth-order valence-corrected chi connectivity index (χ4v) is 1.90. The summed E-state index contributed by atoms with van der Waals surface area (Å²) in [5.41, 5.74) is 8.10. The van der Waals surface area contributed by atoms with Crippen LogP contribution in [0, 0.1) is 0 Å². The predicted octanol–water partition coefficient (Wildman–Crippen LogP) is 1.38. The summed E-state index contributed by atoms with van der Waals surface area (Å²) >= 11 is 0. The third-order valence-electron chi connectivity index (χ3n) is 2.73. The highest BCUT2D eigenvalue weighted by Gasteiger charge is 2.18. The van der Waals surface area contributed by atoms with Crippen molar-refractivity contribution in [2.45, 2.75) is 18.9 Å². The summed E-state index contributed by atoms with van der Waals surface area (Å²) in [5.74, 6) is 0.917. The highest BCUT2D eigenvalue weighted by Crippen LogP contribution is 2.33. The number of benzene rings is 1. The Morgan fingerprint density at radius 3 is 3.14 bits per heavy atom. The van der Waals surface area contributed by atoms with E-state index < -0.39 is 0 Å². The first-order valence-corrected chi connectivity index (χ1v) is 4.97. The van der Waals surface area contributed by atoms with Gasteiger partial charge in [-0.15, -0.1) is 0 Å². The SMILES string of the molecule is COc1cccc2c1NC(CN)CC2.